The van der Waals surface area contributed by atoms with Crippen molar-refractivity contribution in [1.82, 2.24) is 9.97 Å². The molecule has 9 heteroatoms. The number of rotatable bonds is 3. The monoisotopic (exact) mass is 514 g/mol. The van der Waals surface area contributed by atoms with E-state index in [0.717, 1.165) is 12.8 Å². The minimum Gasteiger partial charge on any atom is -0.683 e. The van der Waals surface area contributed by atoms with Gasteiger partial charge in [-0.15, -0.1) is 7.05 Å². The molecule has 1 aromatic rings. The van der Waals surface area contributed by atoms with Gasteiger partial charge in [0.05, 0.1) is 12.1 Å². The number of aliphatic hydroxyl groups excluding tert-OH is 1. The zero-order chi connectivity index (χ0) is 25.2. The van der Waals surface area contributed by atoms with Gasteiger partial charge < -0.3 is 27.2 Å². The molecule has 0 aromatic carbocycles. The van der Waals surface area contributed by atoms with Crippen molar-refractivity contribution in [2.45, 2.75) is 96.2 Å². The minimum absolute atomic E-state index is 0. The molecule has 192 valence electrons. The number of hydrogen-bond donors (Lipinski definition) is 4. The molecule has 0 bridgehead atoms. The fraction of sp³-hybridized carbons (Fsp3) is 0.615. The number of allylic oxidation sites excluding steroid dienone is 4. The third-order valence-electron chi connectivity index (χ3n) is 5.67. The van der Waals surface area contributed by atoms with E-state index in [0.29, 0.717) is 23.5 Å². The Morgan fingerprint density at radius 1 is 1.00 bits per heavy atom. The maximum atomic E-state index is 12.5. The SMILES string of the molecule is CC.C[N-]c1cnc(NC2CCCCC2)nc1N.NC1C=CC=CC=C1F.OC1CCCCC1.[K+]. The van der Waals surface area contributed by atoms with Crippen molar-refractivity contribution in [2.75, 3.05) is 18.1 Å². The predicted molar refractivity (Wildman–Crippen MR) is 142 cm³/mol. The van der Waals surface area contributed by atoms with Crippen LogP contribution in [0.1, 0.15) is 78.1 Å². The molecule has 1 unspecified atom stereocenters. The first-order valence-corrected chi connectivity index (χ1v) is 12.6. The molecule has 4 rings (SSSR count). The molecule has 3 aliphatic carbocycles. The van der Waals surface area contributed by atoms with Gasteiger partial charge >= 0.3 is 51.4 Å². The van der Waals surface area contributed by atoms with E-state index in [1.54, 1.807) is 37.5 Å². The van der Waals surface area contributed by atoms with Crippen LogP contribution in [0.4, 0.5) is 21.8 Å². The number of halogens is 1. The van der Waals surface area contributed by atoms with E-state index >= 15 is 0 Å². The molecule has 0 amide bonds. The maximum Gasteiger partial charge on any atom is 1.00 e. The Kier molecular flexibility index (Phi) is 20.8. The summed E-state index contributed by atoms with van der Waals surface area (Å²) < 4.78 is 12.5. The van der Waals surface area contributed by atoms with Crippen LogP contribution >= 0.6 is 0 Å². The Bertz CT molecular complexity index is 762. The third-order valence-corrected chi connectivity index (χ3v) is 5.67. The minimum atomic E-state index is -0.556. The molecule has 6 N–H and O–H groups in total. The Balaban J connectivity index is 0.000000517. The molecule has 2 fully saturated rings. The molecule has 1 heterocycles. The number of nitrogens with two attached hydrogens (primary N) is 2. The van der Waals surface area contributed by atoms with Crippen LogP contribution in [0.25, 0.3) is 5.32 Å². The van der Waals surface area contributed by atoms with Gasteiger partial charge in [0.25, 0.3) is 0 Å². The Hall–Kier alpha value is -0.814. The number of aromatic nitrogens is 2. The van der Waals surface area contributed by atoms with Gasteiger partial charge in [-0.3, -0.25) is 0 Å². The maximum absolute atomic E-state index is 12.5. The zero-order valence-electron chi connectivity index (χ0n) is 22.1. The van der Waals surface area contributed by atoms with Gasteiger partial charge in [-0.05, 0) is 31.8 Å². The summed E-state index contributed by atoms with van der Waals surface area (Å²) in [4.78, 5) is 8.41. The summed E-state index contributed by atoms with van der Waals surface area (Å²) in [6.45, 7) is 4.00. The summed E-state index contributed by atoms with van der Waals surface area (Å²) in [6.07, 6.45) is 22.0. The Labute approximate surface area is 253 Å². The number of hydrogen-bond acceptors (Lipinski definition) is 6. The third kappa shape index (κ3) is 15.1. The molecule has 35 heavy (non-hydrogen) atoms. The molecule has 0 aliphatic heterocycles. The van der Waals surface area contributed by atoms with Gasteiger partial charge in [-0.2, -0.15) is 4.98 Å². The van der Waals surface area contributed by atoms with Gasteiger partial charge in [0, 0.05) is 12.2 Å². The van der Waals surface area contributed by atoms with Crippen molar-refractivity contribution < 1.29 is 60.9 Å². The summed E-state index contributed by atoms with van der Waals surface area (Å²) in [5, 5.41) is 16.2. The van der Waals surface area contributed by atoms with Gasteiger partial charge in [0.2, 0.25) is 5.95 Å². The van der Waals surface area contributed by atoms with Crippen molar-refractivity contribution in [3.8, 4) is 0 Å². The summed E-state index contributed by atoms with van der Waals surface area (Å²) >= 11 is 0. The Morgan fingerprint density at radius 3 is 2.11 bits per heavy atom. The largest absolute Gasteiger partial charge is 1.00 e. The van der Waals surface area contributed by atoms with Crippen LogP contribution < -0.4 is 68.2 Å². The average Bonchev–Trinajstić information content (AvgIpc) is 3.05. The molecule has 0 saturated heterocycles. The number of nitrogens with zero attached hydrogens (tertiary/aromatic N) is 3. The van der Waals surface area contributed by atoms with Crippen LogP contribution in [0.5, 0.6) is 0 Å². The number of aliphatic hydroxyl groups is 1. The van der Waals surface area contributed by atoms with E-state index in [4.69, 9.17) is 16.6 Å². The number of nitrogen functional groups attached to an aromatic ring is 1. The number of nitrogens with one attached hydrogen (secondary N) is 1. The van der Waals surface area contributed by atoms with Gasteiger partial charge in [-0.25, -0.2) is 9.37 Å². The van der Waals surface area contributed by atoms with E-state index in [-0.39, 0.29) is 63.3 Å². The van der Waals surface area contributed by atoms with Crippen LogP contribution in [0.3, 0.4) is 0 Å². The van der Waals surface area contributed by atoms with E-state index in [1.807, 2.05) is 13.8 Å². The average molecular weight is 515 g/mol. The van der Waals surface area contributed by atoms with Crippen LogP contribution in [-0.2, 0) is 0 Å². The van der Waals surface area contributed by atoms with E-state index < -0.39 is 6.04 Å². The zero-order valence-corrected chi connectivity index (χ0v) is 25.2. The molecule has 7 nitrogen and oxygen atoms in total. The van der Waals surface area contributed by atoms with Gasteiger partial charge in [0.15, 0.2) is 0 Å². The topological polar surface area (TPSA) is 124 Å². The summed E-state index contributed by atoms with van der Waals surface area (Å²) in [7, 11) is 1.68. The first kappa shape index (κ1) is 34.2. The fourth-order valence-corrected chi connectivity index (χ4v) is 3.74. The predicted octanol–water partition coefficient (Wildman–Crippen LogP) is 3.07. The van der Waals surface area contributed by atoms with Crippen LogP contribution in [0.15, 0.2) is 42.4 Å². The molecular formula is C26H44FKN6O. The molecule has 0 spiro atoms. The molecule has 3 aliphatic rings. The summed E-state index contributed by atoms with van der Waals surface area (Å²) in [6, 6.07) is -0.0578. The molecular weight excluding hydrogens is 470 g/mol. The first-order chi connectivity index (χ1) is 16.5. The first-order valence-electron chi connectivity index (χ1n) is 12.6. The van der Waals surface area contributed by atoms with Crippen molar-refractivity contribution in [1.29, 1.82) is 0 Å². The van der Waals surface area contributed by atoms with E-state index in [2.05, 4.69) is 20.6 Å². The number of anilines is 2. The van der Waals surface area contributed by atoms with E-state index in [1.165, 1.54) is 57.4 Å². The van der Waals surface area contributed by atoms with Crippen molar-refractivity contribution >= 4 is 17.5 Å². The second-order valence-corrected chi connectivity index (χ2v) is 8.31. The quantitative estimate of drug-likeness (QED) is 0.460. The van der Waals surface area contributed by atoms with E-state index in [9.17, 15) is 4.39 Å². The normalized spacial score (nSPS) is 19.6. The summed E-state index contributed by atoms with van der Waals surface area (Å²) in [5.74, 6) is 0.771. The van der Waals surface area contributed by atoms with Gasteiger partial charge in [-0.1, -0.05) is 82.4 Å². The van der Waals surface area contributed by atoms with Crippen LogP contribution in [0, 0.1) is 0 Å². The second-order valence-electron chi connectivity index (χ2n) is 8.31. The summed E-state index contributed by atoms with van der Waals surface area (Å²) in [5.41, 5.74) is 11.7. The van der Waals surface area contributed by atoms with Crippen LogP contribution in [0.2, 0.25) is 0 Å². The molecule has 0 radical (unpaired) electrons. The Morgan fingerprint density at radius 2 is 1.60 bits per heavy atom. The molecule has 1 atom stereocenters. The molecule has 2 saturated carbocycles. The van der Waals surface area contributed by atoms with Crippen LogP contribution in [-0.4, -0.2) is 40.3 Å². The van der Waals surface area contributed by atoms with Crippen molar-refractivity contribution in [2.24, 2.45) is 5.73 Å². The van der Waals surface area contributed by atoms with Gasteiger partial charge in [0.1, 0.15) is 11.6 Å². The smallest absolute Gasteiger partial charge is 0.683 e. The second kappa shape index (κ2) is 21.3. The van der Waals surface area contributed by atoms with Crippen molar-refractivity contribution in [3.05, 3.63) is 47.7 Å². The van der Waals surface area contributed by atoms with Crippen molar-refractivity contribution in [3.63, 3.8) is 0 Å². The standard InChI is InChI=1S/C11H18N5.C7H8FN.C6H12O.C2H6.K/c1-13-9-7-14-11(16-10(9)12)15-8-5-3-2-4-6-8;8-6-4-2-1-3-5-7(6)9;7-6-4-2-1-3-5-6;1-2;/h7-8H,2-6H2,1H3,(H3,12,14,15,16);1-5,7H,9H2;6-7H,1-5H2;1-2H3;/q-1;;;;+1. The molecule has 1 aromatic heterocycles. The fourth-order valence-electron chi connectivity index (χ4n) is 3.74.